The molecule has 0 heterocycles. The summed E-state index contributed by atoms with van der Waals surface area (Å²) < 4.78 is 0. The lowest BCUT2D eigenvalue weighted by atomic mass is 10.1. The minimum Gasteiger partial charge on any atom is -0.399 e. The van der Waals surface area contributed by atoms with E-state index in [-0.39, 0.29) is 0 Å². The summed E-state index contributed by atoms with van der Waals surface area (Å²) in [6.45, 7) is 2.11. The Bertz CT molecular complexity index is 142. The van der Waals surface area contributed by atoms with Crippen molar-refractivity contribution in [1.82, 2.24) is 0 Å². The van der Waals surface area contributed by atoms with Gasteiger partial charge in [-0.25, -0.2) is 0 Å². The summed E-state index contributed by atoms with van der Waals surface area (Å²) in [6, 6.07) is 0. The topological polar surface area (TPSA) is 26.0 Å². The summed E-state index contributed by atoms with van der Waals surface area (Å²) in [4.78, 5) is 0. The van der Waals surface area contributed by atoms with Crippen molar-refractivity contribution in [2.75, 3.05) is 0 Å². The van der Waals surface area contributed by atoms with Crippen molar-refractivity contribution in [3.05, 3.63) is 23.4 Å². The van der Waals surface area contributed by atoms with Crippen LogP contribution in [0.5, 0.6) is 0 Å². The first-order valence-corrected chi connectivity index (χ1v) is 2.92. The number of allylic oxidation sites excluding steroid dienone is 3. The third kappa shape index (κ3) is 1.12. The van der Waals surface area contributed by atoms with Crippen LogP contribution < -0.4 is 5.73 Å². The predicted molar refractivity (Wildman–Crippen MR) is 35.3 cm³/mol. The molecule has 0 unspecified atom stereocenters. The monoisotopic (exact) mass is 109 g/mol. The molecule has 0 aromatic heterocycles. The van der Waals surface area contributed by atoms with Crippen molar-refractivity contribution in [3.8, 4) is 0 Å². The van der Waals surface area contributed by atoms with E-state index >= 15 is 0 Å². The first-order chi connectivity index (χ1) is 3.79. The molecule has 0 bridgehead atoms. The lowest BCUT2D eigenvalue weighted by Crippen LogP contribution is -1.97. The molecule has 0 radical (unpaired) electrons. The first-order valence-electron chi connectivity index (χ1n) is 2.92. The second kappa shape index (κ2) is 2.03. The van der Waals surface area contributed by atoms with Crippen LogP contribution in [0.15, 0.2) is 23.4 Å². The summed E-state index contributed by atoms with van der Waals surface area (Å²) in [7, 11) is 0. The Kier molecular flexibility index (Phi) is 1.38. The van der Waals surface area contributed by atoms with E-state index in [1.54, 1.807) is 0 Å². The van der Waals surface area contributed by atoms with Crippen LogP contribution in [-0.2, 0) is 0 Å². The second-order valence-electron chi connectivity index (χ2n) is 2.23. The molecular formula is C7H11N. The average molecular weight is 109 g/mol. The van der Waals surface area contributed by atoms with Crippen molar-refractivity contribution < 1.29 is 0 Å². The highest BCUT2D eigenvalue weighted by atomic mass is 14.6. The van der Waals surface area contributed by atoms with E-state index in [0.717, 1.165) is 12.1 Å². The lowest BCUT2D eigenvalue weighted by molar-refractivity contribution is 0.941. The molecule has 1 aliphatic carbocycles. The SMILES string of the molecule is CC1=CC(N)=CCC1. The molecule has 0 fully saturated rings. The van der Waals surface area contributed by atoms with Gasteiger partial charge in [0.15, 0.2) is 0 Å². The number of nitrogens with two attached hydrogens (primary N) is 1. The number of rotatable bonds is 0. The van der Waals surface area contributed by atoms with Gasteiger partial charge in [-0.15, -0.1) is 0 Å². The molecule has 1 nitrogen and oxygen atoms in total. The fourth-order valence-electron chi connectivity index (χ4n) is 0.882. The van der Waals surface area contributed by atoms with Gasteiger partial charge >= 0.3 is 0 Å². The van der Waals surface area contributed by atoms with Crippen LogP contribution in [0.2, 0.25) is 0 Å². The van der Waals surface area contributed by atoms with Crippen LogP contribution in [0.3, 0.4) is 0 Å². The highest BCUT2D eigenvalue weighted by molar-refractivity contribution is 5.23. The van der Waals surface area contributed by atoms with Crippen LogP contribution in [0.25, 0.3) is 0 Å². The Morgan fingerprint density at radius 2 is 2.38 bits per heavy atom. The zero-order valence-corrected chi connectivity index (χ0v) is 5.15. The molecule has 1 aliphatic rings. The van der Waals surface area contributed by atoms with Crippen molar-refractivity contribution >= 4 is 0 Å². The van der Waals surface area contributed by atoms with Crippen molar-refractivity contribution in [2.24, 2.45) is 5.73 Å². The Morgan fingerprint density at radius 1 is 1.62 bits per heavy atom. The maximum Gasteiger partial charge on any atom is 0.0272 e. The van der Waals surface area contributed by atoms with Crippen LogP contribution in [0.4, 0.5) is 0 Å². The molecule has 0 saturated heterocycles. The fourth-order valence-corrected chi connectivity index (χ4v) is 0.882. The van der Waals surface area contributed by atoms with Gasteiger partial charge in [-0.1, -0.05) is 11.6 Å². The van der Waals surface area contributed by atoms with Gasteiger partial charge in [0.1, 0.15) is 0 Å². The normalized spacial score (nSPS) is 19.6. The van der Waals surface area contributed by atoms with E-state index in [0.29, 0.717) is 0 Å². The van der Waals surface area contributed by atoms with Crippen LogP contribution in [0, 0.1) is 0 Å². The molecular weight excluding hydrogens is 98.1 g/mol. The molecule has 44 valence electrons. The summed E-state index contributed by atoms with van der Waals surface area (Å²) in [6.07, 6.45) is 6.39. The van der Waals surface area contributed by atoms with E-state index in [1.807, 2.05) is 6.08 Å². The van der Waals surface area contributed by atoms with Crippen LogP contribution in [-0.4, -0.2) is 0 Å². The first kappa shape index (κ1) is 5.42. The van der Waals surface area contributed by atoms with E-state index < -0.39 is 0 Å². The highest BCUT2D eigenvalue weighted by Gasteiger charge is 1.95. The maximum absolute atomic E-state index is 5.51. The quantitative estimate of drug-likeness (QED) is 0.502. The van der Waals surface area contributed by atoms with Gasteiger partial charge < -0.3 is 5.73 Å². The molecule has 8 heavy (non-hydrogen) atoms. The summed E-state index contributed by atoms with van der Waals surface area (Å²) in [5.41, 5.74) is 7.83. The fraction of sp³-hybridized carbons (Fsp3) is 0.429. The number of hydrogen-bond acceptors (Lipinski definition) is 1. The molecule has 0 amide bonds. The van der Waals surface area contributed by atoms with Gasteiger partial charge in [-0.3, -0.25) is 0 Å². The van der Waals surface area contributed by atoms with Crippen LogP contribution >= 0.6 is 0 Å². The minimum atomic E-state index is 0.925. The Balaban J connectivity index is 2.69. The van der Waals surface area contributed by atoms with Gasteiger partial charge in [0.05, 0.1) is 0 Å². The Labute approximate surface area is 49.9 Å². The largest absolute Gasteiger partial charge is 0.399 e. The van der Waals surface area contributed by atoms with E-state index in [2.05, 4.69) is 13.0 Å². The number of hydrogen-bond donors (Lipinski definition) is 1. The molecule has 1 rings (SSSR count). The van der Waals surface area contributed by atoms with Crippen molar-refractivity contribution in [1.29, 1.82) is 0 Å². The van der Waals surface area contributed by atoms with Gasteiger partial charge in [-0.05, 0) is 25.8 Å². The minimum absolute atomic E-state index is 0.925. The van der Waals surface area contributed by atoms with E-state index in [4.69, 9.17) is 5.73 Å². The van der Waals surface area contributed by atoms with Crippen molar-refractivity contribution in [3.63, 3.8) is 0 Å². The van der Waals surface area contributed by atoms with Gasteiger partial charge in [0.2, 0.25) is 0 Å². The molecule has 0 aliphatic heterocycles. The van der Waals surface area contributed by atoms with E-state index in [9.17, 15) is 0 Å². The molecule has 0 aromatic carbocycles. The third-order valence-electron chi connectivity index (χ3n) is 1.33. The molecule has 0 saturated carbocycles. The molecule has 0 spiro atoms. The molecule has 0 aromatic rings. The smallest absolute Gasteiger partial charge is 0.0272 e. The zero-order valence-electron chi connectivity index (χ0n) is 5.15. The molecule has 1 heteroatoms. The van der Waals surface area contributed by atoms with Gasteiger partial charge in [0.25, 0.3) is 0 Å². The van der Waals surface area contributed by atoms with E-state index in [1.165, 1.54) is 12.0 Å². The third-order valence-corrected chi connectivity index (χ3v) is 1.33. The Morgan fingerprint density at radius 3 is 2.75 bits per heavy atom. The highest BCUT2D eigenvalue weighted by Crippen LogP contribution is 2.12. The zero-order chi connectivity index (χ0) is 5.98. The second-order valence-corrected chi connectivity index (χ2v) is 2.23. The summed E-state index contributed by atoms with van der Waals surface area (Å²) >= 11 is 0. The van der Waals surface area contributed by atoms with Gasteiger partial charge in [-0.2, -0.15) is 0 Å². The summed E-state index contributed by atoms with van der Waals surface area (Å²) in [5, 5.41) is 0. The molecule has 0 atom stereocenters. The van der Waals surface area contributed by atoms with Crippen molar-refractivity contribution in [2.45, 2.75) is 19.8 Å². The standard InChI is InChI=1S/C7H11N/c1-6-3-2-4-7(8)5-6/h4-5H,2-3,8H2,1H3. The van der Waals surface area contributed by atoms with Crippen LogP contribution in [0.1, 0.15) is 19.8 Å². The maximum atomic E-state index is 5.51. The molecule has 2 N–H and O–H groups in total. The Hall–Kier alpha value is -0.720. The lowest BCUT2D eigenvalue weighted by Gasteiger charge is -2.04. The summed E-state index contributed by atoms with van der Waals surface area (Å²) in [5.74, 6) is 0. The van der Waals surface area contributed by atoms with Gasteiger partial charge in [0, 0.05) is 5.70 Å². The predicted octanol–water partition coefficient (Wildman–Crippen LogP) is 1.57. The average Bonchev–Trinajstić information content (AvgIpc) is 1.64.